The van der Waals surface area contributed by atoms with E-state index in [2.05, 4.69) is 35.2 Å². The summed E-state index contributed by atoms with van der Waals surface area (Å²) in [7, 11) is 1.62. The van der Waals surface area contributed by atoms with Gasteiger partial charge in [-0.15, -0.1) is 15.3 Å². The lowest BCUT2D eigenvalue weighted by Crippen LogP contribution is -2.10. The molecule has 0 spiro atoms. The summed E-state index contributed by atoms with van der Waals surface area (Å²) in [6, 6.07) is 10.2. The summed E-state index contributed by atoms with van der Waals surface area (Å²) in [4.78, 5) is 16.4. The van der Waals surface area contributed by atoms with Crippen molar-refractivity contribution < 1.29 is 22.6 Å². The van der Waals surface area contributed by atoms with Crippen LogP contribution in [0, 0.1) is 0 Å². The third-order valence-corrected chi connectivity index (χ3v) is 7.83. The predicted octanol–water partition coefficient (Wildman–Crippen LogP) is 6.21. The van der Waals surface area contributed by atoms with Crippen molar-refractivity contribution >= 4 is 23.1 Å². The maximum atomic E-state index is 13.6. The van der Waals surface area contributed by atoms with E-state index in [0.29, 0.717) is 33.5 Å². The van der Waals surface area contributed by atoms with Crippen molar-refractivity contribution in [2.45, 2.75) is 44.6 Å². The lowest BCUT2D eigenvalue weighted by atomic mass is 10.1. The van der Waals surface area contributed by atoms with E-state index in [1.165, 1.54) is 28.7 Å². The molecule has 0 bridgehead atoms. The van der Waals surface area contributed by atoms with Crippen LogP contribution >= 0.6 is 11.3 Å². The zero-order chi connectivity index (χ0) is 30.0. The molecule has 0 amide bonds. The molecule has 1 fully saturated rings. The van der Waals surface area contributed by atoms with Crippen molar-refractivity contribution in [2.75, 3.05) is 7.11 Å². The molecule has 0 saturated heterocycles. The van der Waals surface area contributed by atoms with E-state index < -0.39 is 11.9 Å². The summed E-state index contributed by atoms with van der Waals surface area (Å²) < 4.78 is 53.4. The number of rotatable bonds is 10. The number of nitrogens with zero attached hydrogens (tertiary/aromatic N) is 8. The minimum absolute atomic E-state index is 0.0295. The van der Waals surface area contributed by atoms with Gasteiger partial charge in [-0.25, -0.2) is 24.6 Å². The molecule has 5 aromatic rings. The van der Waals surface area contributed by atoms with Crippen LogP contribution in [0.25, 0.3) is 23.2 Å². The third-order valence-electron chi connectivity index (χ3n) is 6.71. The Hall–Kier alpha value is -4.56. The second-order valence-electron chi connectivity index (χ2n) is 9.90. The molecule has 1 aliphatic rings. The molecule has 10 nitrogen and oxygen atoms in total. The molecule has 14 heteroatoms. The molecule has 43 heavy (non-hydrogen) atoms. The second kappa shape index (κ2) is 12.0. The highest BCUT2D eigenvalue weighted by molar-refractivity contribution is 7.12. The Morgan fingerprint density at radius 1 is 1.12 bits per heavy atom. The Balaban J connectivity index is 1.27. The fourth-order valence-electron chi connectivity index (χ4n) is 4.23. The molecule has 0 N–H and O–H groups in total. The normalized spacial score (nSPS) is 14.6. The average molecular weight is 607 g/mol. The van der Waals surface area contributed by atoms with Gasteiger partial charge in [-0.1, -0.05) is 23.5 Å². The van der Waals surface area contributed by atoms with Gasteiger partial charge in [-0.3, -0.25) is 0 Å². The van der Waals surface area contributed by atoms with Crippen molar-refractivity contribution in [3.8, 4) is 17.1 Å². The standard InChI is InChI=1S/C29H25F3N8O2S/c1-17(42-14-18-3-7-22(41-2)8-4-18)27-37-38-28(43-27)23(21-11-33-15-34-12-21)13-40-16-35-26(39-40)20-9-24(19-5-6-19)36-25(10-20)29(30,31)32/h3-4,7-13,15-17,19H,5-6,14H2,1-2H3/b23-13+. The van der Waals surface area contributed by atoms with Gasteiger partial charge in [0.25, 0.3) is 0 Å². The number of aromatic nitrogens is 8. The number of hydrogen-bond acceptors (Lipinski definition) is 10. The molecule has 1 saturated carbocycles. The lowest BCUT2D eigenvalue weighted by Gasteiger charge is -2.10. The van der Waals surface area contributed by atoms with E-state index in [4.69, 9.17) is 9.47 Å². The third kappa shape index (κ3) is 6.75. The Morgan fingerprint density at radius 2 is 1.88 bits per heavy atom. The van der Waals surface area contributed by atoms with Gasteiger partial charge in [0.05, 0.1) is 13.7 Å². The zero-order valence-electron chi connectivity index (χ0n) is 23.1. The predicted molar refractivity (Wildman–Crippen MR) is 152 cm³/mol. The molecule has 0 aliphatic heterocycles. The van der Waals surface area contributed by atoms with Crippen LogP contribution in [-0.2, 0) is 17.5 Å². The van der Waals surface area contributed by atoms with E-state index in [0.717, 1.165) is 30.2 Å². The van der Waals surface area contributed by atoms with Crippen molar-refractivity contribution in [1.82, 2.24) is 39.9 Å². The quantitative estimate of drug-likeness (QED) is 0.183. The van der Waals surface area contributed by atoms with Crippen molar-refractivity contribution in [3.05, 3.63) is 94.0 Å². The molecule has 6 rings (SSSR count). The number of benzene rings is 1. The number of ether oxygens (including phenoxy) is 2. The SMILES string of the molecule is COc1ccc(COC(C)c2nnc(/C(=C/n3cnc(-c4cc(C5CC5)nc(C(F)(F)F)c4)n3)c3cncnc3)s2)cc1. The molecule has 1 unspecified atom stereocenters. The fraction of sp³-hybridized carbons (Fsp3) is 0.276. The smallest absolute Gasteiger partial charge is 0.433 e. The van der Waals surface area contributed by atoms with Crippen LogP contribution in [-0.4, -0.2) is 47.0 Å². The van der Waals surface area contributed by atoms with Crippen LogP contribution in [0.15, 0.2) is 61.4 Å². The van der Waals surface area contributed by atoms with E-state index in [9.17, 15) is 13.2 Å². The Morgan fingerprint density at radius 3 is 2.58 bits per heavy atom. The minimum Gasteiger partial charge on any atom is -0.497 e. The summed E-state index contributed by atoms with van der Waals surface area (Å²) >= 11 is 1.34. The first-order valence-electron chi connectivity index (χ1n) is 13.3. The van der Waals surface area contributed by atoms with Crippen molar-refractivity contribution in [2.24, 2.45) is 0 Å². The maximum Gasteiger partial charge on any atom is 0.433 e. The second-order valence-corrected chi connectivity index (χ2v) is 10.9. The van der Waals surface area contributed by atoms with Crippen LogP contribution in [0.1, 0.15) is 64.3 Å². The number of pyridine rings is 1. The summed E-state index contributed by atoms with van der Waals surface area (Å²) in [5.41, 5.74) is 1.94. The van der Waals surface area contributed by atoms with Gasteiger partial charge < -0.3 is 9.47 Å². The zero-order valence-corrected chi connectivity index (χ0v) is 23.9. The van der Waals surface area contributed by atoms with Crippen LogP contribution in [0.5, 0.6) is 5.75 Å². The summed E-state index contributed by atoms with van der Waals surface area (Å²) in [5, 5.41) is 14.4. The van der Waals surface area contributed by atoms with Gasteiger partial charge in [-0.05, 0) is 49.6 Å². The van der Waals surface area contributed by atoms with Gasteiger partial charge in [0.2, 0.25) is 0 Å². The highest BCUT2D eigenvalue weighted by Crippen LogP contribution is 2.41. The number of methoxy groups -OCH3 is 1. The van der Waals surface area contributed by atoms with E-state index in [-0.39, 0.29) is 23.4 Å². The first-order valence-corrected chi connectivity index (χ1v) is 14.1. The highest BCUT2D eigenvalue weighted by atomic mass is 32.1. The fourth-order valence-corrected chi connectivity index (χ4v) is 5.11. The molecule has 220 valence electrons. The Labute approximate surface area is 248 Å². The van der Waals surface area contributed by atoms with Crippen LogP contribution in [0.4, 0.5) is 13.2 Å². The summed E-state index contributed by atoms with van der Waals surface area (Å²) in [5.74, 6) is 0.944. The topological polar surface area (TPSA) is 114 Å². The van der Waals surface area contributed by atoms with Crippen LogP contribution < -0.4 is 4.74 Å². The van der Waals surface area contributed by atoms with E-state index >= 15 is 0 Å². The number of hydrogen-bond donors (Lipinski definition) is 0. The number of alkyl halides is 3. The molecule has 4 heterocycles. The van der Waals surface area contributed by atoms with Gasteiger partial charge in [0.15, 0.2) is 5.82 Å². The molecule has 1 atom stereocenters. The monoisotopic (exact) mass is 606 g/mol. The molecular weight excluding hydrogens is 581 g/mol. The summed E-state index contributed by atoms with van der Waals surface area (Å²) in [6.45, 7) is 2.27. The summed E-state index contributed by atoms with van der Waals surface area (Å²) in [6.07, 6.45) is 4.47. The van der Waals surface area contributed by atoms with E-state index in [1.807, 2.05) is 31.2 Å². The molecular formula is C29H25F3N8O2S. The first kappa shape index (κ1) is 28.6. The molecule has 0 radical (unpaired) electrons. The Bertz CT molecular complexity index is 1730. The molecule has 1 aromatic carbocycles. The lowest BCUT2D eigenvalue weighted by molar-refractivity contribution is -0.141. The largest absolute Gasteiger partial charge is 0.497 e. The Kier molecular flexibility index (Phi) is 7.95. The van der Waals surface area contributed by atoms with Gasteiger partial charge in [0.1, 0.15) is 40.2 Å². The highest BCUT2D eigenvalue weighted by Gasteiger charge is 2.35. The van der Waals surface area contributed by atoms with E-state index in [1.54, 1.807) is 31.8 Å². The average Bonchev–Trinajstić information content (AvgIpc) is 3.57. The number of halogens is 3. The van der Waals surface area contributed by atoms with Crippen LogP contribution in [0.3, 0.4) is 0 Å². The first-order chi connectivity index (χ1) is 20.8. The molecule has 1 aliphatic carbocycles. The van der Waals surface area contributed by atoms with Gasteiger partial charge in [0, 0.05) is 46.9 Å². The van der Waals surface area contributed by atoms with Crippen LogP contribution in [0.2, 0.25) is 0 Å². The van der Waals surface area contributed by atoms with Gasteiger partial charge >= 0.3 is 6.18 Å². The maximum absolute atomic E-state index is 13.6. The van der Waals surface area contributed by atoms with Crippen molar-refractivity contribution in [1.29, 1.82) is 0 Å². The van der Waals surface area contributed by atoms with Crippen molar-refractivity contribution in [3.63, 3.8) is 0 Å². The minimum atomic E-state index is -4.58. The van der Waals surface area contributed by atoms with Gasteiger partial charge in [-0.2, -0.15) is 13.2 Å². The molecule has 4 aromatic heterocycles.